The standard InChI is InChI=1S/C11H13N3O4S/c1-11(14-16)9(12-13-10(11)15)7-3-5-8(6-4-7)19(2,17)18/h3-6,14,16H,1-2H3,(H,13,15). The number of hydrogen-bond acceptors (Lipinski definition) is 6. The summed E-state index contributed by atoms with van der Waals surface area (Å²) in [6.07, 6.45) is 1.11. The van der Waals surface area contributed by atoms with E-state index < -0.39 is 21.3 Å². The van der Waals surface area contributed by atoms with Gasteiger partial charge in [0.1, 0.15) is 0 Å². The van der Waals surface area contributed by atoms with Crippen LogP contribution in [0.1, 0.15) is 12.5 Å². The molecule has 102 valence electrons. The Bertz CT molecular complexity index is 651. The maximum atomic E-state index is 11.6. The molecule has 2 rings (SSSR count). The van der Waals surface area contributed by atoms with Crippen LogP contribution in [-0.2, 0) is 14.6 Å². The second kappa shape index (κ2) is 4.41. The van der Waals surface area contributed by atoms with Crippen LogP contribution in [0.4, 0.5) is 0 Å². The Morgan fingerprint density at radius 1 is 1.32 bits per heavy atom. The van der Waals surface area contributed by atoms with Crippen molar-refractivity contribution in [2.75, 3.05) is 6.26 Å². The van der Waals surface area contributed by atoms with E-state index >= 15 is 0 Å². The highest BCUT2D eigenvalue weighted by molar-refractivity contribution is 7.90. The van der Waals surface area contributed by atoms with Crippen molar-refractivity contribution in [3.8, 4) is 0 Å². The van der Waals surface area contributed by atoms with E-state index in [0.717, 1.165) is 6.26 Å². The molecular weight excluding hydrogens is 270 g/mol. The van der Waals surface area contributed by atoms with Gasteiger partial charge in [0.25, 0.3) is 5.91 Å². The van der Waals surface area contributed by atoms with Crippen LogP contribution in [0.3, 0.4) is 0 Å². The summed E-state index contributed by atoms with van der Waals surface area (Å²) >= 11 is 0. The molecule has 19 heavy (non-hydrogen) atoms. The molecule has 0 saturated heterocycles. The highest BCUT2D eigenvalue weighted by Crippen LogP contribution is 2.20. The number of nitrogens with zero attached hydrogens (tertiary/aromatic N) is 1. The van der Waals surface area contributed by atoms with Crippen molar-refractivity contribution in [3.63, 3.8) is 0 Å². The van der Waals surface area contributed by atoms with E-state index in [0.29, 0.717) is 11.3 Å². The fraction of sp³-hybridized carbons (Fsp3) is 0.273. The van der Waals surface area contributed by atoms with Crippen molar-refractivity contribution in [3.05, 3.63) is 29.8 Å². The summed E-state index contributed by atoms with van der Waals surface area (Å²) in [6.45, 7) is 1.47. The van der Waals surface area contributed by atoms with Crippen molar-refractivity contribution in [2.24, 2.45) is 5.10 Å². The molecule has 1 aliphatic heterocycles. The summed E-state index contributed by atoms with van der Waals surface area (Å²) in [5, 5.41) is 13.0. The molecule has 1 unspecified atom stereocenters. The van der Waals surface area contributed by atoms with Gasteiger partial charge in [-0.05, 0) is 19.1 Å². The molecule has 7 nitrogen and oxygen atoms in total. The molecule has 3 N–H and O–H groups in total. The largest absolute Gasteiger partial charge is 0.315 e. The third kappa shape index (κ3) is 2.25. The average Bonchev–Trinajstić information content (AvgIpc) is 2.66. The Kier molecular flexibility index (Phi) is 3.17. The van der Waals surface area contributed by atoms with Crippen LogP contribution in [0.2, 0.25) is 0 Å². The van der Waals surface area contributed by atoms with Gasteiger partial charge in [-0.3, -0.25) is 4.79 Å². The summed E-state index contributed by atoms with van der Waals surface area (Å²) in [6, 6.07) is 5.91. The number of nitrogens with one attached hydrogen (secondary N) is 2. The van der Waals surface area contributed by atoms with Gasteiger partial charge in [-0.1, -0.05) is 12.1 Å². The van der Waals surface area contributed by atoms with E-state index in [-0.39, 0.29) is 4.90 Å². The molecule has 1 atom stereocenters. The smallest absolute Gasteiger partial charge is 0.268 e. The molecular formula is C11H13N3O4S. The summed E-state index contributed by atoms with van der Waals surface area (Å²) in [5.74, 6) is -0.489. The molecule has 0 radical (unpaired) electrons. The van der Waals surface area contributed by atoms with Crippen LogP contribution in [0.15, 0.2) is 34.3 Å². The number of amides is 1. The van der Waals surface area contributed by atoms with Gasteiger partial charge in [-0.15, -0.1) is 0 Å². The highest BCUT2D eigenvalue weighted by atomic mass is 32.2. The van der Waals surface area contributed by atoms with Crippen LogP contribution < -0.4 is 10.9 Å². The minimum absolute atomic E-state index is 0.174. The quantitative estimate of drug-likeness (QED) is 0.658. The van der Waals surface area contributed by atoms with Crippen molar-refractivity contribution in [1.82, 2.24) is 10.9 Å². The number of benzene rings is 1. The molecule has 8 heteroatoms. The van der Waals surface area contributed by atoms with Gasteiger partial charge in [-0.25, -0.2) is 13.8 Å². The summed E-state index contributed by atoms with van der Waals surface area (Å²) < 4.78 is 22.7. The van der Waals surface area contributed by atoms with Gasteiger partial charge < -0.3 is 5.21 Å². The molecule has 1 aromatic rings. The van der Waals surface area contributed by atoms with Crippen molar-refractivity contribution >= 4 is 21.5 Å². The van der Waals surface area contributed by atoms with E-state index in [1.54, 1.807) is 0 Å². The second-order valence-electron chi connectivity index (χ2n) is 4.43. The van der Waals surface area contributed by atoms with Gasteiger partial charge in [0.15, 0.2) is 15.4 Å². The topological polar surface area (TPSA) is 108 Å². The Labute approximate surface area is 110 Å². The molecule has 1 amide bonds. The minimum Gasteiger partial charge on any atom is -0.315 e. The van der Waals surface area contributed by atoms with Gasteiger partial charge in [0.2, 0.25) is 0 Å². The Balaban J connectivity index is 2.42. The number of hydrogen-bond donors (Lipinski definition) is 3. The first-order valence-electron chi connectivity index (χ1n) is 5.39. The van der Waals surface area contributed by atoms with E-state index in [1.807, 2.05) is 5.48 Å². The summed E-state index contributed by atoms with van der Waals surface area (Å²) in [7, 11) is -3.28. The van der Waals surface area contributed by atoms with Crippen LogP contribution in [0, 0.1) is 0 Å². The molecule has 0 spiro atoms. The fourth-order valence-electron chi connectivity index (χ4n) is 1.75. The number of hydroxylamine groups is 1. The zero-order chi connectivity index (χ0) is 14.3. The highest BCUT2D eigenvalue weighted by Gasteiger charge is 2.43. The predicted octanol–water partition coefficient (Wildman–Crippen LogP) is -0.338. The van der Waals surface area contributed by atoms with Gasteiger partial charge >= 0.3 is 0 Å². The molecule has 1 heterocycles. The Morgan fingerprint density at radius 3 is 2.37 bits per heavy atom. The predicted molar refractivity (Wildman–Crippen MR) is 67.6 cm³/mol. The normalized spacial score (nSPS) is 23.1. The first-order valence-corrected chi connectivity index (χ1v) is 7.28. The number of sulfone groups is 1. The monoisotopic (exact) mass is 283 g/mol. The maximum absolute atomic E-state index is 11.6. The average molecular weight is 283 g/mol. The fourth-order valence-corrected chi connectivity index (χ4v) is 2.39. The van der Waals surface area contributed by atoms with Crippen molar-refractivity contribution < 1.29 is 18.4 Å². The van der Waals surface area contributed by atoms with E-state index in [9.17, 15) is 13.2 Å². The second-order valence-corrected chi connectivity index (χ2v) is 6.45. The minimum atomic E-state index is -3.28. The Morgan fingerprint density at radius 2 is 1.89 bits per heavy atom. The first kappa shape index (κ1) is 13.7. The van der Waals surface area contributed by atoms with Crippen molar-refractivity contribution in [1.29, 1.82) is 0 Å². The third-order valence-electron chi connectivity index (χ3n) is 2.98. The Hall–Kier alpha value is -1.77. The SMILES string of the molecule is CC1(NO)C(=O)NN=C1c1ccc(S(C)(=O)=O)cc1. The van der Waals surface area contributed by atoms with Crippen LogP contribution >= 0.6 is 0 Å². The number of hydrazone groups is 1. The maximum Gasteiger partial charge on any atom is 0.268 e. The molecule has 1 aliphatic rings. The lowest BCUT2D eigenvalue weighted by molar-refractivity contribution is -0.126. The number of carbonyl (C=O) groups excluding carboxylic acids is 1. The van der Waals surface area contributed by atoms with E-state index in [2.05, 4.69) is 10.5 Å². The molecule has 0 fully saturated rings. The zero-order valence-electron chi connectivity index (χ0n) is 10.3. The van der Waals surface area contributed by atoms with Gasteiger partial charge in [-0.2, -0.15) is 10.6 Å². The van der Waals surface area contributed by atoms with Crippen LogP contribution in [-0.4, -0.2) is 37.0 Å². The lowest BCUT2D eigenvalue weighted by atomic mass is 9.91. The summed E-state index contributed by atoms with van der Waals surface area (Å²) in [4.78, 5) is 11.8. The van der Waals surface area contributed by atoms with Crippen LogP contribution in [0.25, 0.3) is 0 Å². The first-order chi connectivity index (χ1) is 8.79. The number of carbonyl (C=O) groups is 1. The number of rotatable bonds is 3. The van der Waals surface area contributed by atoms with Gasteiger partial charge in [0.05, 0.1) is 10.6 Å². The molecule has 0 aliphatic carbocycles. The summed E-state index contributed by atoms with van der Waals surface area (Å²) in [5.41, 5.74) is 3.66. The zero-order valence-corrected chi connectivity index (χ0v) is 11.2. The lowest BCUT2D eigenvalue weighted by Gasteiger charge is -2.20. The molecule has 1 aromatic carbocycles. The molecule has 0 saturated carbocycles. The van der Waals surface area contributed by atoms with Crippen molar-refractivity contribution in [2.45, 2.75) is 17.4 Å². The van der Waals surface area contributed by atoms with E-state index in [1.165, 1.54) is 31.2 Å². The van der Waals surface area contributed by atoms with Gasteiger partial charge in [0, 0.05) is 11.8 Å². The van der Waals surface area contributed by atoms with E-state index in [4.69, 9.17) is 5.21 Å². The molecule has 0 aromatic heterocycles. The van der Waals surface area contributed by atoms with Crippen LogP contribution in [0.5, 0.6) is 0 Å². The molecule has 0 bridgehead atoms. The third-order valence-corrected chi connectivity index (χ3v) is 4.10. The lowest BCUT2D eigenvalue weighted by Crippen LogP contribution is -2.53.